The lowest BCUT2D eigenvalue weighted by Gasteiger charge is -2.19. The van der Waals surface area contributed by atoms with E-state index in [1.54, 1.807) is 6.08 Å². The van der Waals surface area contributed by atoms with Gasteiger partial charge in [-0.15, -0.1) is 6.58 Å². The highest BCUT2D eigenvalue weighted by Crippen LogP contribution is 2.13. The van der Waals surface area contributed by atoms with Crippen molar-refractivity contribution in [1.82, 2.24) is 0 Å². The Hall–Kier alpha value is -0.560. The first-order chi connectivity index (χ1) is 4.52. The Morgan fingerprint density at radius 1 is 1.70 bits per heavy atom. The van der Waals surface area contributed by atoms with Crippen molar-refractivity contribution >= 4 is 0 Å². The summed E-state index contributed by atoms with van der Waals surface area (Å²) < 4.78 is 0. The van der Waals surface area contributed by atoms with E-state index in [0.29, 0.717) is 0 Å². The zero-order valence-electron chi connectivity index (χ0n) is 7.15. The molecule has 10 heavy (non-hydrogen) atoms. The third-order valence-electron chi connectivity index (χ3n) is 1.62. The number of rotatable bonds is 3. The van der Waals surface area contributed by atoms with Crippen molar-refractivity contribution in [3.63, 3.8) is 0 Å². The third-order valence-corrected chi connectivity index (χ3v) is 1.62. The number of nitrogens with two attached hydrogens (primary N) is 1. The van der Waals surface area contributed by atoms with Gasteiger partial charge >= 0.3 is 0 Å². The van der Waals surface area contributed by atoms with E-state index in [-0.39, 0.29) is 5.54 Å². The van der Waals surface area contributed by atoms with Gasteiger partial charge in [0.25, 0.3) is 0 Å². The van der Waals surface area contributed by atoms with E-state index < -0.39 is 0 Å². The monoisotopic (exact) mass is 139 g/mol. The van der Waals surface area contributed by atoms with Gasteiger partial charge in [0.2, 0.25) is 0 Å². The smallest absolute Gasteiger partial charge is 0.0345 e. The van der Waals surface area contributed by atoms with E-state index in [4.69, 9.17) is 5.73 Å². The van der Waals surface area contributed by atoms with Crippen molar-refractivity contribution in [2.24, 2.45) is 5.73 Å². The summed E-state index contributed by atoms with van der Waals surface area (Å²) >= 11 is 0. The summed E-state index contributed by atoms with van der Waals surface area (Å²) in [6.45, 7) is 9.75. The van der Waals surface area contributed by atoms with Crippen LogP contribution in [0, 0.1) is 0 Å². The van der Waals surface area contributed by atoms with Gasteiger partial charge in [-0.1, -0.05) is 17.7 Å². The molecule has 0 aromatic heterocycles. The quantitative estimate of drug-likeness (QED) is 0.596. The molecular formula is C9H17N. The second-order valence-electron chi connectivity index (χ2n) is 3.02. The molecule has 0 aliphatic carbocycles. The zero-order valence-corrected chi connectivity index (χ0v) is 7.15. The van der Waals surface area contributed by atoms with Crippen LogP contribution in [-0.4, -0.2) is 5.54 Å². The van der Waals surface area contributed by atoms with Crippen molar-refractivity contribution in [3.8, 4) is 0 Å². The van der Waals surface area contributed by atoms with Gasteiger partial charge in [0.15, 0.2) is 0 Å². The molecule has 0 spiro atoms. The molecule has 0 heterocycles. The van der Waals surface area contributed by atoms with Crippen LogP contribution in [0.4, 0.5) is 0 Å². The molecule has 0 amide bonds. The molecule has 0 saturated carbocycles. The van der Waals surface area contributed by atoms with Gasteiger partial charge in [-0.25, -0.2) is 0 Å². The molecule has 58 valence electrons. The summed E-state index contributed by atoms with van der Waals surface area (Å²) in [5, 5.41) is 0. The molecule has 0 rings (SSSR count). The number of hydrogen-bond donors (Lipinski definition) is 1. The molecule has 0 radical (unpaired) electrons. The van der Waals surface area contributed by atoms with E-state index in [9.17, 15) is 0 Å². The van der Waals surface area contributed by atoms with Gasteiger partial charge < -0.3 is 5.73 Å². The highest BCUT2D eigenvalue weighted by Gasteiger charge is 2.12. The minimum absolute atomic E-state index is 0.239. The Morgan fingerprint density at radius 3 is 2.50 bits per heavy atom. The van der Waals surface area contributed by atoms with Crippen LogP contribution in [0.2, 0.25) is 0 Å². The number of hydrogen-bond acceptors (Lipinski definition) is 1. The van der Waals surface area contributed by atoms with E-state index in [1.165, 1.54) is 5.57 Å². The Kier molecular flexibility index (Phi) is 3.37. The van der Waals surface area contributed by atoms with Crippen LogP contribution in [0.1, 0.15) is 27.2 Å². The van der Waals surface area contributed by atoms with Crippen molar-refractivity contribution in [1.29, 1.82) is 0 Å². The molecule has 0 fully saturated rings. The molecule has 0 aliphatic rings. The van der Waals surface area contributed by atoms with Crippen LogP contribution >= 0.6 is 0 Å². The Bertz CT molecular complexity index is 143. The van der Waals surface area contributed by atoms with Crippen LogP contribution in [-0.2, 0) is 0 Å². The van der Waals surface area contributed by atoms with E-state index >= 15 is 0 Å². The van der Waals surface area contributed by atoms with Crippen LogP contribution in [0.3, 0.4) is 0 Å². The predicted molar refractivity (Wildman–Crippen MR) is 46.8 cm³/mol. The second-order valence-corrected chi connectivity index (χ2v) is 3.02. The summed E-state index contributed by atoms with van der Waals surface area (Å²) in [5.74, 6) is 0. The van der Waals surface area contributed by atoms with Gasteiger partial charge in [0.05, 0.1) is 0 Å². The molecule has 0 aliphatic heterocycles. The summed E-state index contributed by atoms with van der Waals surface area (Å²) in [4.78, 5) is 0. The third kappa shape index (κ3) is 3.46. The molecule has 0 unspecified atom stereocenters. The number of allylic oxidation sites excluding steroid dienone is 1. The van der Waals surface area contributed by atoms with Crippen LogP contribution in [0.15, 0.2) is 24.3 Å². The molecule has 0 aromatic rings. The SMILES string of the molecule is C=C[C@@](C)(N)C/C(C)=C\C. The van der Waals surface area contributed by atoms with Crippen LogP contribution in [0.25, 0.3) is 0 Å². The Morgan fingerprint density at radius 2 is 2.20 bits per heavy atom. The molecule has 1 nitrogen and oxygen atoms in total. The topological polar surface area (TPSA) is 26.0 Å². The molecular weight excluding hydrogens is 122 g/mol. The van der Waals surface area contributed by atoms with Crippen molar-refractivity contribution in [2.75, 3.05) is 0 Å². The maximum atomic E-state index is 5.83. The zero-order chi connectivity index (χ0) is 8.20. The van der Waals surface area contributed by atoms with Crippen LogP contribution < -0.4 is 5.73 Å². The van der Waals surface area contributed by atoms with Crippen LogP contribution in [0.5, 0.6) is 0 Å². The average Bonchev–Trinajstić information content (AvgIpc) is 1.87. The first-order valence-electron chi connectivity index (χ1n) is 3.56. The predicted octanol–water partition coefficient (Wildman–Crippen LogP) is 2.25. The largest absolute Gasteiger partial charge is 0.322 e. The minimum Gasteiger partial charge on any atom is -0.322 e. The van der Waals surface area contributed by atoms with E-state index in [0.717, 1.165) is 6.42 Å². The molecule has 0 saturated heterocycles. The highest BCUT2D eigenvalue weighted by atomic mass is 14.7. The Labute approximate surface area is 63.6 Å². The van der Waals surface area contributed by atoms with E-state index in [1.807, 2.05) is 13.8 Å². The van der Waals surface area contributed by atoms with Gasteiger partial charge in [-0.05, 0) is 27.2 Å². The van der Waals surface area contributed by atoms with Gasteiger partial charge in [-0.3, -0.25) is 0 Å². The molecule has 0 bridgehead atoms. The van der Waals surface area contributed by atoms with Crippen molar-refractivity contribution in [2.45, 2.75) is 32.7 Å². The first-order valence-corrected chi connectivity index (χ1v) is 3.56. The summed E-state index contributed by atoms with van der Waals surface area (Å²) in [7, 11) is 0. The van der Waals surface area contributed by atoms with Crippen molar-refractivity contribution in [3.05, 3.63) is 24.3 Å². The summed E-state index contributed by atoms with van der Waals surface area (Å²) in [6, 6.07) is 0. The summed E-state index contributed by atoms with van der Waals surface area (Å²) in [5.41, 5.74) is 6.90. The summed E-state index contributed by atoms with van der Waals surface area (Å²) in [6.07, 6.45) is 4.77. The molecule has 1 heteroatoms. The fourth-order valence-corrected chi connectivity index (χ4v) is 0.775. The molecule has 2 N–H and O–H groups in total. The lowest BCUT2D eigenvalue weighted by atomic mass is 9.95. The molecule has 1 atom stereocenters. The van der Waals surface area contributed by atoms with Gasteiger partial charge in [0.1, 0.15) is 0 Å². The first kappa shape index (κ1) is 9.44. The standard InChI is InChI=1S/C9H17N/c1-5-8(3)7-9(4,10)6-2/h5-6H,2,7,10H2,1,3-4H3/b8-5-/t9-/m1/s1. The lowest BCUT2D eigenvalue weighted by Crippen LogP contribution is -2.33. The fourth-order valence-electron chi connectivity index (χ4n) is 0.775. The second kappa shape index (κ2) is 3.57. The maximum absolute atomic E-state index is 5.83. The van der Waals surface area contributed by atoms with Gasteiger partial charge in [-0.2, -0.15) is 0 Å². The van der Waals surface area contributed by atoms with Gasteiger partial charge in [0, 0.05) is 5.54 Å². The lowest BCUT2D eigenvalue weighted by molar-refractivity contribution is 0.579. The van der Waals surface area contributed by atoms with E-state index in [2.05, 4.69) is 19.6 Å². The maximum Gasteiger partial charge on any atom is 0.0345 e. The highest BCUT2D eigenvalue weighted by molar-refractivity contribution is 5.08. The fraction of sp³-hybridized carbons (Fsp3) is 0.556. The minimum atomic E-state index is -0.239. The average molecular weight is 139 g/mol. The normalized spacial score (nSPS) is 18.2. The molecule has 0 aromatic carbocycles. The van der Waals surface area contributed by atoms with Crippen molar-refractivity contribution < 1.29 is 0 Å². The Balaban J connectivity index is 4.01.